The molecule has 0 unspecified atom stereocenters. The summed E-state index contributed by atoms with van der Waals surface area (Å²) >= 11 is 0. The highest BCUT2D eigenvalue weighted by molar-refractivity contribution is 5.53. The van der Waals surface area contributed by atoms with Gasteiger partial charge in [-0.2, -0.15) is 14.6 Å². The molecule has 0 aliphatic carbocycles. The highest BCUT2D eigenvalue weighted by atomic mass is 16.2. The Balaban J connectivity index is 2.66. The molecule has 0 amide bonds. The molecule has 0 aliphatic heterocycles. The molecule has 2 rings (SSSR count). The van der Waals surface area contributed by atoms with E-state index in [4.69, 9.17) is 11.0 Å². The summed E-state index contributed by atoms with van der Waals surface area (Å²) in [5, 5.41) is 16.0. The van der Waals surface area contributed by atoms with Gasteiger partial charge in [-0.05, 0) is 28.6 Å². The van der Waals surface area contributed by atoms with Crippen LogP contribution in [0.2, 0.25) is 0 Å². The molecular weight excluding hydrogens is 208 g/mol. The zero-order chi connectivity index (χ0) is 11.7. The van der Waals surface area contributed by atoms with Crippen LogP contribution < -0.4 is 11.4 Å². The number of hydrogen-bond donors (Lipinski definition) is 1. The second kappa shape index (κ2) is 3.51. The predicted molar refractivity (Wildman–Crippen MR) is 55.7 cm³/mol. The molecule has 80 valence electrons. The summed E-state index contributed by atoms with van der Waals surface area (Å²) in [5.41, 5.74) is 6.40. The lowest BCUT2D eigenvalue weighted by atomic mass is 10.2. The fourth-order valence-corrected chi connectivity index (χ4v) is 1.30. The van der Waals surface area contributed by atoms with Gasteiger partial charge in [0.15, 0.2) is 0 Å². The lowest BCUT2D eigenvalue weighted by Gasteiger charge is -2.00. The van der Waals surface area contributed by atoms with E-state index in [0.29, 0.717) is 16.9 Å². The van der Waals surface area contributed by atoms with Gasteiger partial charge in [-0.3, -0.25) is 0 Å². The Morgan fingerprint density at radius 3 is 2.69 bits per heavy atom. The largest absolute Gasteiger partial charge is 0.399 e. The molecule has 2 aromatic rings. The van der Waals surface area contributed by atoms with E-state index in [1.807, 2.05) is 6.07 Å². The molecule has 16 heavy (non-hydrogen) atoms. The normalized spacial score (nSPS) is 10.0. The smallest absolute Gasteiger partial charge is 0.368 e. The van der Waals surface area contributed by atoms with Crippen molar-refractivity contribution in [1.29, 1.82) is 5.26 Å². The second-order valence-corrected chi connectivity index (χ2v) is 3.22. The van der Waals surface area contributed by atoms with Crippen molar-refractivity contribution in [3.63, 3.8) is 0 Å². The number of hydrogen-bond acceptors (Lipinski definition) is 5. The first-order valence-electron chi connectivity index (χ1n) is 4.42. The van der Waals surface area contributed by atoms with Crippen molar-refractivity contribution in [2.75, 3.05) is 5.73 Å². The van der Waals surface area contributed by atoms with E-state index < -0.39 is 5.69 Å². The molecule has 0 spiro atoms. The standard InChI is InChI=1S/C9H8N6O/c1-14-9(16)15(13-12-14)8-3-6(5-10)2-7(11)4-8/h2-4H,11H2,1H3. The van der Waals surface area contributed by atoms with Crippen LogP contribution >= 0.6 is 0 Å². The number of nitrogens with zero attached hydrogens (tertiary/aromatic N) is 5. The highest BCUT2D eigenvalue weighted by Crippen LogP contribution is 2.12. The summed E-state index contributed by atoms with van der Waals surface area (Å²) in [6.45, 7) is 0. The lowest BCUT2D eigenvalue weighted by molar-refractivity contribution is 0.693. The van der Waals surface area contributed by atoms with Gasteiger partial charge in [0.25, 0.3) is 0 Å². The van der Waals surface area contributed by atoms with Crippen LogP contribution in [0.5, 0.6) is 0 Å². The van der Waals surface area contributed by atoms with Crippen LogP contribution in [0.4, 0.5) is 5.69 Å². The summed E-state index contributed by atoms with van der Waals surface area (Å²) in [6, 6.07) is 6.55. The van der Waals surface area contributed by atoms with Gasteiger partial charge in [0.1, 0.15) is 0 Å². The van der Waals surface area contributed by atoms with Crippen LogP contribution in [0.3, 0.4) is 0 Å². The van der Waals surface area contributed by atoms with Gasteiger partial charge in [0.05, 0.1) is 17.3 Å². The van der Waals surface area contributed by atoms with Crippen molar-refractivity contribution in [3.8, 4) is 11.8 Å². The van der Waals surface area contributed by atoms with E-state index in [1.54, 1.807) is 6.07 Å². The minimum absolute atomic E-state index is 0.368. The summed E-state index contributed by atoms with van der Waals surface area (Å²) in [7, 11) is 1.49. The third-order valence-electron chi connectivity index (χ3n) is 2.04. The average molecular weight is 216 g/mol. The van der Waals surface area contributed by atoms with Crippen LogP contribution in [-0.2, 0) is 7.05 Å². The molecule has 7 nitrogen and oxygen atoms in total. The summed E-state index contributed by atoms with van der Waals surface area (Å²) in [4.78, 5) is 11.6. The van der Waals surface area contributed by atoms with Crippen LogP contribution in [0, 0.1) is 11.3 Å². The van der Waals surface area contributed by atoms with E-state index in [2.05, 4.69) is 10.4 Å². The maximum Gasteiger partial charge on any atom is 0.368 e. The number of rotatable bonds is 1. The SMILES string of the molecule is Cn1nnn(-c2cc(N)cc(C#N)c2)c1=O. The van der Waals surface area contributed by atoms with Gasteiger partial charge in [-0.1, -0.05) is 0 Å². The van der Waals surface area contributed by atoms with Crippen LogP contribution in [-0.4, -0.2) is 19.8 Å². The molecule has 0 bridgehead atoms. The van der Waals surface area contributed by atoms with Crippen LogP contribution in [0.1, 0.15) is 5.56 Å². The molecule has 1 aromatic heterocycles. The average Bonchev–Trinajstić information content (AvgIpc) is 2.59. The number of nitrogen functional groups attached to an aromatic ring is 1. The highest BCUT2D eigenvalue weighted by Gasteiger charge is 2.07. The first-order valence-corrected chi connectivity index (χ1v) is 4.42. The zero-order valence-electron chi connectivity index (χ0n) is 8.45. The molecular formula is C9H8N6O. The van der Waals surface area contributed by atoms with E-state index in [-0.39, 0.29) is 0 Å². The minimum atomic E-state index is -0.394. The summed E-state index contributed by atoms with van der Waals surface area (Å²) in [6.07, 6.45) is 0. The molecule has 1 aromatic carbocycles. The first-order chi connectivity index (χ1) is 7.61. The van der Waals surface area contributed by atoms with Gasteiger partial charge < -0.3 is 5.73 Å². The molecule has 0 aliphatic rings. The zero-order valence-corrected chi connectivity index (χ0v) is 8.45. The number of tetrazole rings is 1. The number of aryl methyl sites for hydroxylation is 1. The number of nitriles is 1. The van der Waals surface area contributed by atoms with Crippen molar-refractivity contribution in [2.45, 2.75) is 0 Å². The molecule has 0 saturated carbocycles. The molecule has 0 atom stereocenters. The van der Waals surface area contributed by atoms with Crippen molar-refractivity contribution in [2.24, 2.45) is 7.05 Å². The molecule has 0 fully saturated rings. The quantitative estimate of drug-likeness (QED) is 0.642. The van der Waals surface area contributed by atoms with Crippen molar-refractivity contribution < 1.29 is 0 Å². The van der Waals surface area contributed by atoms with E-state index >= 15 is 0 Å². The Kier molecular flexibility index (Phi) is 2.17. The number of benzene rings is 1. The van der Waals surface area contributed by atoms with Gasteiger partial charge in [0.2, 0.25) is 0 Å². The Morgan fingerprint density at radius 1 is 1.38 bits per heavy atom. The van der Waals surface area contributed by atoms with Gasteiger partial charge in [-0.15, -0.1) is 0 Å². The van der Waals surface area contributed by atoms with Gasteiger partial charge >= 0.3 is 5.69 Å². The molecule has 0 saturated heterocycles. The lowest BCUT2D eigenvalue weighted by Crippen LogP contribution is -2.22. The maximum absolute atomic E-state index is 11.6. The summed E-state index contributed by atoms with van der Waals surface area (Å²) in [5.74, 6) is 0. The molecule has 2 N–H and O–H groups in total. The predicted octanol–water partition coefficient (Wildman–Crippen LogP) is -0.580. The van der Waals surface area contributed by atoms with Gasteiger partial charge in [-0.25, -0.2) is 4.79 Å². The minimum Gasteiger partial charge on any atom is -0.399 e. The third kappa shape index (κ3) is 1.52. The summed E-state index contributed by atoms with van der Waals surface area (Å²) < 4.78 is 2.17. The first kappa shape index (κ1) is 9.92. The maximum atomic E-state index is 11.6. The number of aromatic nitrogens is 4. The number of anilines is 1. The van der Waals surface area contributed by atoms with E-state index in [1.165, 1.54) is 19.2 Å². The monoisotopic (exact) mass is 216 g/mol. The number of nitrogens with two attached hydrogens (primary N) is 1. The third-order valence-corrected chi connectivity index (χ3v) is 2.04. The van der Waals surface area contributed by atoms with Crippen molar-refractivity contribution in [3.05, 3.63) is 34.2 Å². The van der Waals surface area contributed by atoms with Crippen molar-refractivity contribution in [1.82, 2.24) is 19.8 Å². The molecule has 1 heterocycles. The van der Waals surface area contributed by atoms with E-state index in [9.17, 15) is 4.79 Å². The topological polar surface area (TPSA) is 103 Å². The van der Waals surface area contributed by atoms with Crippen LogP contribution in [0.15, 0.2) is 23.0 Å². The Bertz CT molecular complexity index is 632. The Hall–Kier alpha value is -2.62. The fourth-order valence-electron chi connectivity index (χ4n) is 1.30. The second-order valence-electron chi connectivity index (χ2n) is 3.22. The Labute approximate surface area is 90.3 Å². The van der Waals surface area contributed by atoms with E-state index in [0.717, 1.165) is 9.36 Å². The van der Waals surface area contributed by atoms with Gasteiger partial charge in [0, 0.05) is 12.7 Å². The molecule has 0 radical (unpaired) electrons. The Morgan fingerprint density at radius 2 is 2.12 bits per heavy atom. The fraction of sp³-hybridized carbons (Fsp3) is 0.111. The van der Waals surface area contributed by atoms with Crippen LogP contribution in [0.25, 0.3) is 5.69 Å². The molecule has 7 heteroatoms. The van der Waals surface area contributed by atoms with Crippen molar-refractivity contribution >= 4 is 5.69 Å².